The van der Waals surface area contributed by atoms with E-state index < -0.39 is 6.10 Å². The molecular formula is C14H14N2O3. The van der Waals surface area contributed by atoms with Crippen molar-refractivity contribution in [1.82, 2.24) is 4.90 Å². The highest BCUT2D eigenvalue weighted by molar-refractivity contribution is 5.94. The zero-order chi connectivity index (χ0) is 13.2. The smallest absolute Gasteiger partial charge is 0.254 e. The van der Waals surface area contributed by atoms with E-state index in [0.29, 0.717) is 31.9 Å². The first-order chi connectivity index (χ1) is 9.28. The number of amides is 1. The van der Waals surface area contributed by atoms with E-state index >= 15 is 0 Å². The second-order valence-corrected chi connectivity index (χ2v) is 4.66. The average molecular weight is 258 g/mol. The maximum atomic E-state index is 12.4. The molecule has 1 unspecified atom stereocenters. The standard InChI is InChI=1S/C14H14N2O3/c15-8-12-9-16(4-6-18-12)14(17)11-1-2-13-10(7-11)3-5-19-13/h1-2,7,12H,3-6,9H2. The van der Waals surface area contributed by atoms with E-state index in [4.69, 9.17) is 14.7 Å². The molecule has 1 aromatic rings. The summed E-state index contributed by atoms with van der Waals surface area (Å²) in [4.78, 5) is 14.1. The van der Waals surface area contributed by atoms with Crippen molar-refractivity contribution in [1.29, 1.82) is 5.26 Å². The Kier molecular flexibility index (Phi) is 3.10. The van der Waals surface area contributed by atoms with Gasteiger partial charge in [0.15, 0.2) is 6.10 Å². The van der Waals surface area contributed by atoms with Crippen molar-refractivity contribution < 1.29 is 14.3 Å². The van der Waals surface area contributed by atoms with Gasteiger partial charge in [-0.1, -0.05) is 0 Å². The van der Waals surface area contributed by atoms with Crippen molar-refractivity contribution >= 4 is 5.91 Å². The van der Waals surface area contributed by atoms with Gasteiger partial charge in [-0.05, 0) is 23.8 Å². The fourth-order valence-corrected chi connectivity index (χ4v) is 2.41. The molecule has 2 aliphatic heterocycles. The fourth-order valence-electron chi connectivity index (χ4n) is 2.41. The Hall–Kier alpha value is -2.06. The first kappa shape index (κ1) is 12.0. The highest BCUT2D eigenvalue weighted by Gasteiger charge is 2.25. The highest BCUT2D eigenvalue weighted by Crippen LogP contribution is 2.26. The molecule has 1 aromatic carbocycles. The molecule has 1 saturated heterocycles. The predicted octanol–water partition coefficient (Wildman–Crippen LogP) is 0.986. The Balaban J connectivity index is 1.78. The molecule has 3 rings (SSSR count). The Labute approximate surface area is 111 Å². The Bertz CT molecular complexity index is 550. The van der Waals surface area contributed by atoms with Gasteiger partial charge in [0.05, 0.1) is 25.8 Å². The number of rotatable bonds is 1. The average Bonchev–Trinajstić information content (AvgIpc) is 2.94. The van der Waals surface area contributed by atoms with E-state index in [1.165, 1.54) is 0 Å². The summed E-state index contributed by atoms with van der Waals surface area (Å²) < 4.78 is 10.7. The van der Waals surface area contributed by atoms with Gasteiger partial charge in [0, 0.05) is 18.5 Å². The molecule has 0 aliphatic carbocycles. The molecule has 19 heavy (non-hydrogen) atoms. The van der Waals surface area contributed by atoms with Gasteiger partial charge in [0.1, 0.15) is 5.75 Å². The predicted molar refractivity (Wildman–Crippen MR) is 66.9 cm³/mol. The molecule has 1 atom stereocenters. The van der Waals surface area contributed by atoms with Crippen LogP contribution >= 0.6 is 0 Å². The first-order valence-electron chi connectivity index (χ1n) is 6.34. The number of benzene rings is 1. The molecule has 98 valence electrons. The van der Waals surface area contributed by atoms with Crippen molar-refractivity contribution in [2.24, 2.45) is 0 Å². The Morgan fingerprint density at radius 2 is 2.32 bits per heavy atom. The Morgan fingerprint density at radius 3 is 3.16 bits per heavy atom. The van der Waals surface area contributed by atoms with E-state index in [-0.39, 0.29) is 5.91 Å². The summed E-state index contributed by atoms with van der Waals surface area (Å²) in [5, 5.41) is 8.86. The van der Waals surface area contributed by atoms with Gasteiger partial charge in [-0.3, -0.25) is 4.79 Å². The van der Waals surface area contributed by atoms with Gasteiger partial charge in [-0.25, -0.2) is 0 Å². The maximum Gasteiger partial charge on any atom is 0.254 e. The van der Waals surface area contributed by atoms with Crippen LogP contribution in [0.2, 0.25) is 0 Å². The largest absolute Gasteiger partial charge is 0.493 e. The van der Waals surface area contributed by atoms with Crippen molar-refractivity contribution in [2.45, 2.75) is 12.5 Å². The molecule has 1 fully saturated rings. The summed E-state index contributed by atoms with van der Waals surface area (Å²) in [6, 6.07) is 7.56. The van der Waals surface area contributed by atoms with Gasteiger partial charge in [-0.15, -0.1) is 0 Å². The van der Waals surface area contributed by atoms with Crippen LogP contribution in [0.1, 0.15) is 15.9 Å². The maximum absolute atomic E-state index is 12.4. The molecule has 0 aromatic heterocycles. The summed E-state index contributed by atoms with van der Waals surface area (Å²) in [7, 11) is 0. The fraction of sp³-hybridized carbons (Fsp3) is 0.429. The molecule has 5 nitrogen and oxygen atoms in total. The monoisotopic (exact) mass is 258 g/mol. The minimum absolute atomic E-state index is 0.0433. The number of hydrogen-bond donors (Lipinski definition) is 0. The van der Waals surface area contributed by atoms with Crippen LogP contribution in [0.3, 0.4) is 0 Å². The lowest BCUT2D eigenvalue weighted by Crippen LogP contribution is -2.45. The lowest BCUT2D eigenvalue weighted by molar-refractivity contribution is 0.00346. The molecule has 5 heteroatoms. The van der Waals surface area contributed by atoms with Crippen LogP contribution in [0.25, 0.3) is 0 Å². The van der Waals surface area contributed by atoms with Gasteiger partial charge in [0.2, 0.25) is 0 Å². The third-order valence-electron chi connectivity index (χ3n) is 3.43. The number of nitrogens with zero attached hydrogens (tertiary/aromatic N) is 2. The summed E-state index contributed by atoms with van der Waals surface area (Å²) in [5.74, 6) is 0.826. The van der Waals surface area contributed by atoms with Crippen molar-refractivity contribution in [3.05, 3.63) is 29.3 Å². The third-order valence-corrected chi connectivity index (χ3v) is 3.43. The van der Waals surface area contributed by atoms with E-state index in [0.717, 1.165) is 17.7 Å². The van der Waals surface area contributed by atoms with E-state index in [9.17, 15) is 4.79 Å². The lowest BCUT2D eigenvalue weighted by atomic mass is 10.1. The van der Waals surface area contributed by atoms with Crippen molar-refractivity contribution in [2.75, 3.05) is 26.3 Å². The van der Waals surface area contributed by atoms with E-state index in [2.05, 4.69) is 0 Å². The van der Waals surface area contributed by atoms with Crippen LogP contribution in [0.15, 0.2) is 18.2 Å². The van der Waals surface area contributed by atoms with Crippen molar-refractivity contribution in [3.63, 3.8) is 0 Å². The lowest BCUT2D eigenvalue weighted by Gasteiger charge is -2.29. The quantitative estimate of drug-likeness (QED) is 0.753. The summed E-state index contributed by atoms with van der Waals surface area (Å²) in [5.41, 5.74) is 1.73. The molecule has 0 spiro atoms. The second kappa shape index (κ2) is 4.90. The first-order valence-corrected chi connectivity index (χ1v) is 6.34. The van der Waals surface area contributed by atoms with Crippen LogP contribution in [-0.2, 0) is 11.2 Å². The minimum Gasteiger partial charge on any atom is -0.493 e. The van der Waals surface area contributed by atoms with Crippen LogP contribution in [-0.4, -0.2) is 43.2 Å². The molecule has 2 heterocycles. The minimum atomic E-state index is -0.518. The number of ether oxygens (including phenoxy) is 2. The Morgan fingerprint density at radius 1 is 1.42 bits per heavy atom. The second-order valence-electron chi connectivity index (χ2n) is 4.66. The molecule has 0 saturated carbocycles. The number of carbonyl (C=O) groups excluding carboxylic acids is 1. The van der Waals surface area contributed by atoms with Crippen LogP contribution < -0.4 is 4.74 Å². The van der Waals surface area contributed by atoms with Gasteiger partial charge >= 0.3 is 0 Å². The molecular weight excluding hydrogens is 244 g/mol. The SMILES string of the molecule is N#CC1CN(C(=O)c2ccc3c(c2)CCO3)CCO1. The molecule has 2 aliphatic rings. The van der Waals surface area contributed by atoms with Gasteiger partial charge in [0.25, 0.3) is 5.91 Å². The van der Waals surface area contributed by atoms with E-state index in [1.807, 2.05) is 18.2 Å². The van der Waals surface area contributed by atoms with Crippen LogP contribution in [0.5, 0.6) is 5.75 Å². The van der Waals surface area contributed by atoms with Crippen LogP contribution in [0.4, 0.5) is 0 Å². The zero-order valence-electron chi connectivity index (χ0n) is 10.5. The van der Waals surface area contributed by atoms with Gasteiger partial charge in [-0.2, -0.15) is 5.26 Å². The van der Waals surface area contributed by atoms with E-state index in [1.54, 1.807) is 11.0 Å². The third kappa shape index (κ3) is 2.27. The zero-order valence-corrected chi connectivity index (χ0v) is 10.5. The normalized spacial score (nSPS) is 21.4. The number of hydrogen-bond acceptors (Lipinski definition) is 4. The summed E-state index contributed by atoms with van der Waals surface area (Å²) in [6.07, 6.45) is 0.330. The number of carbonyl (C=O) groups is 1. The molecule has 1 amide bonds. The van der Waals surface area contributed by atoms with Crippen LogP contribution in [0, 0.1) is 11.3 Å². The number of nitriles is 1. The number of fused-ring (bicyclic) bond motifs is 1. The topological polar surface area (TPSA) is 62.6 Å². The molecule has 0 radical (unpaired) electrons. The van der Waals surface area contributed by atoms with Gasteiger partial charge < -0.3 is 14.4 Å². The number of morpholine rings is 1. The summed E-state index contributed by atoms with van der Waals surface area (Å²) >= 11 is 0. The van der Waals surface area contributed by atoms with Crippen molar-refractivity contribution in [3.8, 4) is 11.8 Å². The molecule has 0 bridgehead atoms. The summed E-state index contributed by atoms with van der Waals surface area (Å²) in [6.45, 7) is 1.96. The molecule has 0 N–H and O–H groups in total. The highest BCUT2D eigenvalue weighted by atomic mass is 16.5.